The predicted molar refractivity (Wildman–Crippen MR) is 136 cm³/mol. The molecule has 9 heteroatoms. The van der Waals surface area contributed by atoms with Gasteiger partial charge in [0, 0.05) is 64.0 Å². The third-order valence-corrected chi connectivity index (χ3v) is 7.33. The van der Waals surface area contributed by atoms with Gasteiger partial charge in [0.2, 0.25) is 5.91 Å². The first kappa shape index (κ1) is 24.5. The Bertz CT molecular complexity index is 1050. The van der Waals surface area contributed by atoms with E-state index < -0.39 is 0 Å². The van der Waals surface area contributed by atoms with Crippen LogP contribution in [0.3, 0.4) is 0 Å². The third-order valence-electron chi connectivity index (χ3n) is 5.95. The molecule has 0 bridgehead atoms. The highest BCUT2D eigenvalue weighted by molar-refractivity contribution is 8.26. The molecular weight excluding hydrogens is 471 g/mol. The normalized spacial score (nSPS) is 18.2. The van der Waals surface area contributed by atoms with E-state index in [2.05, 4.69) is 9.88 Å². The van der Waals surface area contributed by atoms with Crippen molar-refractivity contribution in [2.24, 2.45) is 0 Å². The maximum Gasteiger partial charge on any atom is 0.266 e. The summed E-state index contributed by atoms with van der Waals surface area (Å²) >= 11 is 6.61. The van der Waals surface area contributed by atoms with Crippen molar-refractivity contribution in [2.45, 2.75) is 19.3 Å². The molecule has 0 radical (unpaired) electrons. The van der Waals surface area contributed by atoms with E-state index in [0.717, 1.165) is 50.4 Å². The number of hydrogen-bond donors (Lipinski definition) is 0. The summed E-state index contributed by atoms with van der Waals surface area (Å²) in [7, 11) is 0. The molecule has 178 valence electrons. The number of carbonyl (C=O) groups is 2. The molecule has 0 spiro atoms. The van der Waals surface area contributed by atoms with Crippen LogP contribution in [-0.2, 0) is 16.0 Å². The zero-order chi connectivity index (χ0) is 23.9. The van der Waals surface area contributed by atoms with Gasteiger partial charge in [0.25, 0.3) is 5.91 Å². The molecule has 0 N–H and O–H groups in total. The van der Waals surface area contributed by atoms with Gasteiger partial charge in [-0.05, 0) is 42.3 Å². The van der Waals surface area contributed by atoms with Gasteiger partial charge in [-0.2, -0.15) is 0 Å². The Morgan fingerprint density at radius 2 is 1.85 bits per heavy atom. The van der Waals surface area contributed by atoms with Crippen LogP contribution in [0.1, 0.15) is 24.1 Å². The van der Waals surface area contributed by atoms with Crippen molar-refractivity contribution < 1.29 is 14.0 Å². The SMILES string of the molecule is O=C(CCCN1C(=O)/C(=C/c2ccc(F)cc2)SC1=S)N1CCN(CCc2ccccn2)CC1. The predicted octanol–water partition coefficient (Wildman–Crippen LogP) is 3.59. The van der Waals surface area contributed by atoms with Gasteiger partial charge in [0.1, 0.15) is 10.1 Å². The fourth-order valence-corrected chi connectivity index (χ4v) is 5.30. The Labute approximate surface area is 208 Å². The van der Waals surface area contributed by atoms with Crippen molar-refractivity contribution in [2.75, 3.05) is 39.3 Å². The van der Waals surface area contributed by atoms with Crippen molar-refractivity contribution >= 4 is 46.2 Å². The molecular formula is C25H27FN4O2S2. The van der Waals surface area contributed by atoms with Crippen LogP contribution < -0.4 is 0 Å². The number of pyridine rings is 1. The lowest BCUT2D eigenvalue weighted by Gasteiger charge is -2.34. The molecule has 2 fully saturated rings. The maximum atomic E-state index is 13.1. The molecule has 2 aromatic rings. The van der Waals surface area contributed by atoms with Gasteiger partial charge in [-0.25, -0.2) is 4.39 Å². The van der Waals surface area contributed by atoms with Crippen LogP contribution in [0.25, 0.3) is 6.08 Å². The number of nitrogens with zero attached hydrogens (tertiary/aromatic N) is 4. The molecule has 1 aromatic carbocycles. The lowest BCUT2D eigenvalue weighted by molar-refractivity contribution is -0.133. The third kappa shape index (κ3) is 6.49. The summed E-state index contributed by atoms with van der Waals surface area (Å²) in [5, 5.41) is 0. The minimum atomic E-state index is -0.319. The van der Waals surface area contributed by atoms with Crippen molar-refractivity contribution in [3.63, 3.8) is 0 Å². The van der Waals surface area contributed by atoms with Gasteiger partial charge in [0.05, 0.1) is 4.91 Å². The average molecular weight is 499 g/mol. The molecule has 6 nitrogen and oxygen atoms in total. The second kappa shape index (κ2) is 11.7. The number of thioether (sulfide) groups is 1. The van der Waals surface area contributed by atoms with E-state index in [9.17, 15) is 14.0 Å². The number of piperazine rings is 1. The molecule has 0 saturated carbocycles. The van der Waals surface area contributed by atoms with Crippen molar-refractivity contribution in [3.8, 4) is 0 Å². The standard InChI is InChI=1S/C25H27FN4O2S2/c26-20-8-6-19(7-9-20)18-22-24(32)30(25(33)34-22)12-3-5-23(31)29-16-14-28(15-17-29)13-10-21-4-1-2-11-27-21/h1-2,4,6-9,11,18H,3,5,10,12-17H2/b22-18-. The van der Waals surface area contributed by atoms with E-state index in [4.69, 9.17) is 12.2 Å². The first-order valence-electron chi connectivity index (χ1n) is 11.4. The Morgan fingerprint density at radius 3 is 2.56 bits per heavy atom. The quantitative estimate of drug-likeness (QED) is 0.410. The van der Waals surface area contributed by atoms with Crippen LogP contribution in [-0.4, -0.2) is 75.1 Å². The second-order valence-electron chi connectivity index (χ2n) is 8.28. The second-order valence-corrected chi connectivity index (χ2v) is 9.96. The van der Waals surface area contributed by atoms with E-state index in [1.165, 1.54) is 23.9 Å². The van der Waals surface area contributed by atoms with Gasteiger partial charge in [-0.1, -0.05) is 42.2 Å². The van der Waals surface area contributed by atoms with Crippen LogP contribution in [0.2, 0.25) is 0 Å². The van der Waals surface area contributed by atoms with Crippen molar-refractivity contribution in [1.29, 1.82) is 0 Å². The number of halogens is 1. The fourth-order valence-electron chi connectivity index (χ4n) is 3.99. The summed E-state index contributed by atoms with van der Waals surface area (Å²) in [4.78, 5) is 36.1. The summed E-state index contributed by atoms with van der Waals surface area (Å²) in [6, 6.07) is 11.9. The highest BCUT2D eigenvalue weighted by Gasteiger charge is 2.32. The van der Waals surface area contributed by atoms with Crippen LogP contribution in [0.4, 0.5) is 4.39 Å². The Balaban J connectivity index is 1.18. The minimum absolute atomic E-state index is 0.122. The number of thiocarbonyl (C=S) groups is 1. The van der Waals surface area contributed by atoms with Crippen LogP contribution in [0, 0.1) is 5.82 Å². The van der Waals surface area contributed by atoms with Gasteiger partial charge in [-0.3, -0.25) is 24.4 Å². The zero-order valence-electron chi connectivity index (χ0n) is 18.9. The summed E-state index contributed by atoms with van der Waals surface area (Å²) in [6.07, 6.45) is 5.40. The molecule has 2 aliphatic heterocycles. The largest absolute Gasteiger partial charge is 0.340 e. The van der Waals surface area contributed by atoms with Gasteiger partial charge in [0.15, 0.2) is 0 Å². The summed E-state index contributed by atoms with van der Waals surface area (Å²) in [5.74, 6) is -0.356. The smallest absolute Gasteiger partial charge is 0.266 e. The molecule has 0 unspecified atom stereocenters. The lowest BCUT2D eigenvalue weighted by Crippen LogP contribution is -2.49. The van der Waals surface area contributed by atoms with E-state index in [0.29, 0.717) is 28.6 Å². The monoisotopic (exact) mass is 498 g/mol. The zero-order valence-corrected chi connectivity index (χ0v) is 20.5. The molecule has 0 atom stereocenters. The average Bonchev–Trinajstić information content (AvgIpc) is 3.12. The molecule has 34 heavy (non-hydrogen) atoms. The highest BCUT2D eigenvalue weighted by Crippen LogP contribution is 2.32. The minimum Gasteiger partial charge on any atom is -0.340 e. The Kier molecular flexibility index (Phi) is 8.42. The molecule has 2 aliphatic rings. The molecule has 1 aromatic heterocycles. The molecule has 4 rings (SSSR count). The number of rotatable bonds is 8. The fraction of sp³-hybridized carbons (Fsp3) is 0.360. The van der Waals surface area contributed by atoms with E-state index >= 15 is 0 Å². The summed E-state index contributed by atoms with van der Waals surface area (Å²) in [6.45, 7) is 4.54. The number of carbonyl (C=O) groups excluding carboxylic acids is 2. The van der Waals surface area contributed by atoms with E-state index in [1.807, 2.05) is 29.3 Å². The van der Waals surface area contributed by atoms with Crippen LogP contribution in [0.15, 0.2) is 53.6 Å². The molecule has 2 amide bonds. The lowest BCUT2D eigenvalue weighted by atomic mass is 10.2. The first-order chi connectivity index (χ1) is 16.5. The highest BCUT2D eigenvalue weighted by atomic mass is 32.2. The topological polar surface area (TPSA) is 56.8 Å². The van der Waals surface area contributed by atoms with Gasteiger partial charge in [-0.15, -0.1) is 0 Å². The maximum absolute atomic E-state index is 13.1. The number of aromatic nitrogens is 1. The van der Waals surface area contributed by atoms with Crippen LogP contribution >= 0.6 is 24.0 Å². The Morgan fingerprint density at radius 1 is 1.09 bits per heavy atom. The van der Waals surface area contributed by atoms with Crippen molar-refractivity contribution in [1.82, 2.24) is 19.7 Å². The Hall–Kier alpha value is -2.62. The van der Waals surface area contributed by atoms with Gasteiger partial charge < -0.3 is 4.90 Å². The number of amides is 2. The van der Waals surface area contributed by atoms with Crippen molar-refractivity contribution in [3.05, 3.63) is 70.6 Å². The van der Waals surface area contributed by atoms with E-state index in [-0.39, 0.29) is 17.6 Å². The van der Waals surface area contributed by atoms with E-state index in [1.54, 1.807) is 23.1 Å². The molecule has 2 saturated heterocycles. The first-order valence-corrected chi connectivity index (χ1v) is 12.6. The molecule has 0 aliphatic carbocycles. The summed E-state index contributed by atoms with van der Waals surface area (Å²) < 4.78 is 13.6. The summed E-state index contributed by atoms with van der Waals surface area (Å²) in [5.41, 5.74) is 1.83. The number of benzene rings is 1. The van der Waals surface area contributed by atoms with Gasteiger partial charge >= 0.3 is 0 Å². The van der Waals surface area contributed by atoms with Crippen LogP contribution in [0.5, 0.6) is 0 Å². The number of hydrogen-bond acceptors (Lipinski definition) is 6. The molecule has 3 heterocycles.